The molecule has 0 fully saturated rings. The SMILES string of the molecule is CC(C)CC(=O)c1c(OCC(O)CO)cccc1OC(c1ccccc1)c1ccccc1. The van der Waals surface area contributed by atoms with Crippen LogP contribution in [-0.2, 0) is 0 Å². The fourth-order valence-electron chi connectivity index (χ4n) is 3.43. The minimum Gasteiger partial charge on any atom is -0.490 e. The summed E-state index contributed by atoms with van der Waals surface area (Å²) >= 11 is 0. The number of carbonyl (C=O) groups excluding carboxylic acids is 1. The first-order valence-corrected chi connectivity index (χ1v) is 10.8. The topological polar surface area (TPSA) is 76.0 Å². The molecular formula is C27H30O5. The largest absolute Gasteiger partial charge is 0.490 e. The summed E-state index contributed by atoms with van der Waals surface area (Å²) in [4.78, 5) is 13.2. The van der Waals surface area contributed by atoms with E-state index in [2.05, 4.69) is 0 Å². The molecule has 2 N–H and O–H groups in total. The molecule has 0 aromatic heterocycles. The number of ketones is 1. The number of ether oxygens (including phenoxy) is 2. The van der Waals surface area contributed by atoms with E-state index in [1.54, 1.807) is 18.2 Å². The van der Waals surface area contributed by atoms with Crippen molar-refractivity contribution < 1.29 is 24.5 Å². The fourth-order valence-corrected chi connectivity index (χ4v) is 3.43. The molecule has 0 saturated carbocycles. The molecule has 0 aliphatic carbocycles. The Balaban J connectivity index is 2.03. The van der Waals surface area contributed by atoms with Gasteiger partial charge in [0.15, 0.2) is 5.78 Å². The van der Waals surface area contributed by atoms with E-state index in [-0.39, 0.29) is 18.3 Å². The minimum atomic E-state index is -1.03. The van der Waals surface area contributed by atoms with Gasteiger partial charge in [0.1, 0.15) is 35.9 Å². The highest BCUT2D eigenvalue weighted by Gasteiger charge is 2.24. The standard InChI is InChI=1S/C27H30O5/c1-19(2)16-23(30)26-24(31-18-22(29)17-28)14-9-15-25(26)32-27(20-10-5-3-6-11-20)21-12-7-4-8-13-21/h3-15,19,22,27-29H,16-18H2,1-2H3. The van der Waals surface area contributed by atoms with Gasteiger partial charge in [-0.3, -0.25) is 4.79 Å². The molecule has 3 aromatic rings. The van der Waals surface area contributed by atoms with Gasteiger partial charge in [-0.1, -0.05) is 80.6 Å². The summed E-state index contributed by atoms with van der Waals surface area (Å²) in [5.74, 6) is 0.819. The molecule has 0 heterocycles. The molecule has 0 aliphatic rings. The van der Waals surface area contributed by atoms with Gasteiger partial charge in [-0.15, -0.1) is 0 Å². The van der Waals surface area contributed by atoms with Crippen molar-refractivity contribution in [2.75, 3.05) is 13.2 Å². The van der Waals surface area contributed by atoms with Gasteiger partial charge in [-0.2, -0.15) is 0 Å². The Morgan fingerprint density at radius 3 is 1.94 bits per heavy atom. The van der Waals surface area contributed by atoms with Crippen LogP contribution in [0.4, 0.5) is 0 Å². The van der Waals surface area contributed by atoms with Crippen LogP contribution >= 0.6 is 0 Å². The molecule has 32 heavy (non-hydrogen) atoms. The second kappa shape index (κ2) is 11.5. The van der Waals surface area contributed by atoms with Crippen molar-refractivity contribution in [2.24, 2.45) is 5.92 Å². The van der Waals surface area contributed by atoms with E-state index >= 15 is 0 Å². The third kappa shape index (κ3) is 6.19. The van der Waals surface area contributed by atoms with Gasteiger partial charge in [0.25, 0.3) is 0 Å². The zero-order valence-corrected chi connectivity index (χ0v) is 18.5. The molecule has 0 saturated heterocycles. The Kier molecular flexibility index (Phi) is 8.42. The van der Waals surface area contributed by atoms with Crippen LogP contribution in [0.25, 0.3) is 0 Å². The lowest BCUT2D eigenvalue weighted by Crippen LogP contribution is -2.22. The van der Waals surface area contributed by atoms with Gasteiger partial charge in [-0.05, 0) is 29.2 Å². The number of benzene rings is 3. The average molecular weight is 435 g/mol. The number of rotatable bonds is 11. The Labute approximate surface area is 189 Å². The maximum atomic E-state index is 13.2. The van der Waals surface area contributed by atoms with Gasteiger partial charge in [0.05, 0.1) is 6.61 Å². The summed E-state index contributed by atoms with van der Waals surface area (Å²) in [6.07, 6.45) is -1.11. The van der Waals surface area contributed by atoms with E-state index in [1.807, 2.05) is 74.5 Å². The summed E-state index contributed by atoms with van der Waals surface area (Å²) in [5, 5.41) is 18.8. The zero-order valence-electron chi connectivity index (χ0n) is 18.5. The van der Waals surface area contributed by atoms with E-state index in [0.717, 1.165) is 11.1 Å². The van der Waals surface area contributed by atoms with Crippen molar-refractivity contribution in [3.05, 3.63) is 95.6 Å². The number of hydrogen-bond acceptors (Lipinski definition) is 5. The molecule has 0 amide bonds. The van der Waals surface area contributed by atoms with Gasteiger partial charge in [0, 0.05) is 6.42 Å². The fraction of sp³-hybridized carbons (Fsp3) is 0.296. The normalized spacial score (nSPS) is 12.1. The molecule has 1 atom stereocenters. The predicted molar refractivity (Wildman–Crippen MR) is 124 cm³/mol. The van der Waals surface area contributed by atoms with Crippen molar-refractivity contribution >= 4 is 5.78 Å². The molecule has 5 nitrogen and oxygen atoms in total. The Morgan fingerprint density at radius 2 is 1.41 bits per heavy atom. The molecule has 168 valence electrons. The highest BCUT2D eigenvalue weighted by atomic mass is 16.5. The van der Waals surface area contributed by atoms with Gasteiger partial charge in [0.2, 0.25) is 0 Å². The average Bonchev–Trinajstić information content (AvgIpc) is 2.81. The third-order valence-electron chi connectivity index (χ3n) is 4.95. The molecule has 0 aliphatic heterocycles. The quantitative estimate of drug-likeness (QED) is 0.423. The summed E-state index contributed by atoms with van der Waals surface area (Å²) in [7, 11) is 0. The molecule has 1 unspecified atom stereocenters. The van der Waals surface area contributed by atoms with Crippen molar-refractivity contribution in [3.8, 4) is 11.5 Å². The van der Waals surface area contributed by atoms with Crippen LogP contribution in [0, 0.1) is 5.92 Å². The minimum absolute atomic E-state index is 0.0936. The summed E-state index contributed by atoms with van der Waals surface area (Å²) < 4.78 is 12.2. The van der Waals surface area contributed by atoms with Crippen LogP contribution in [0.2, 0.25) is 0 Å². The molecule has 3 rings (SSSR count). The van der Waals surface area contributed by atoms with Crippen LogP contribution in [-0.4, -0.2) is 35.3 Å². The van der Waals surface area contributed by atoms with Crippen molar-refractivity contribution in [3.63, 3.8) is 0 Å². The molecule has 0 radical (unpaired) electrons. The van der Waals surface area contributed by atoms with Gasteiger partial charge in [-0.25, -0.2) is 0 Å². The molecule has 5 heteroatoms. The monoisotopic (exact) mass is 434 g/mol. The van der Waals surface area contributed by atoms with E-state index in [9.17, 15) is 9.90 Å². The lowest BCUT2D eigenvalue weighted by Gasteiger charge is -2.23. The maximum absolute atomic E-state index is 13.2. The maximum Gasteiger partial charge on any atom is 0.170 e. The van der Waals surface area contributed by atoms with Crippen LogP contribution in [0.1, 0.15) is 47.9 Å². The summed E-state index contributed by atoms with van der Waals surface area (Å²) in [6.45, 7) is 3.42. The predicted octanol–water partition coefficient (Wildman–Crippen LogP) is 4.82. The van der Waals surface area contributed by atoms with Crippen LogP contribution < -0.4 is 9.47 Å². The number of Topliss-reactive ketones (excluding diaryl/α,β-unsaturated/α-hetero) is 1. The smallest absolute Gasteiger partial charge is 0.170 e. The lowest BCUT2D eigenvalue weighted by molar-refractivity contribution is 0.0529. The molecule has 3 aromatic carbocycles. The van der Waals surface area contributed by atoms with Crippen molar-refractivity contribution in [1.82, 2.24) is 0 Å². The number of carbonyl (C=O) groups is 1. The first-order valence-electron chi connectivity index (χ1n) is 10.8. The highest BCUT2D eigenvalue weighted by Crippen LogP contribution is 2.36. The van der Waals surface area contributed by atoms with E-state index in [1.165, 1.54) is 0 Å². The molecule has 0 spiro atoms. The Morgan fingerprint density at radius 1 is 0.844 bits per heavy atom. The zero-order chi connectivity index (χ0) is 22.9. The third-order valence-corrected chi connectivity index (χ3v) is 4.95. The number of hydrogen-bond donors (Lipinski definition) is 2. The lowest BCUT2D eigenvalue weighted by atomic mass is 9.98. The van der Waals surface area contributed by atoms with Gasteiger partial charge < -0.3 is 19.7 Å². The highest BCUT2D eigenvalue weighted by molar-refractivity contribution is 6.01. The number of aliphatic hydroxyl groups is 2. The first kappa shape index (κ1) is 23.5. The van der Waals surface area contributed by atoms with E-state index in [0.29, 0.717) is 23.5 Å². The molecular weight excluding hydrogens is 404 g/mol. The second-order valence-electron chi connectivity index (χ2n) is 8.12. The van der Waals surface area contributed by atoms with Gasteiger partial charge >= 0.3 is 0 Å². The van der Waals surface area contributed by atoms with Crippen molar-refractivity contribution in [1.29, 1.82) is 0 Å². The van der Waals surface area contributed by atoms with Crippen LogP contribution in [0.3, 0.4) is 0 Å². The summed E-state index contributed by atoms with van der Waals surface area (Å²) in [6, 6.07) is 24.9. The van der Waals surface area contributed by atoms with Crippen LogP contribution in [0.15, 0.2) is 78.9 Å². The first-order chi connectivity index (χ1) is 15.5. The van der Waals surface area contributed by atoms with Crippen LogP contribution in [0.5, 0.6) is 11.5 Å². The van der Waals surface area contributed by atoms with Crippen molar-refractivity contribution in [2.45, 2.75) is 32.5 Å². The number of aliphatic hydroxyl groups excluding tert-OH is 2. The summed E-state index contributed by atoms with van der Waals surface area (Å²) in [5.41, 5.74) is 2.27. The second-order valence-corrected chi connectivity index (χ2v) is 8.12. The van der Waals surface area contributed by atoms with E-state index < -0.39 is 18.8 Å². The molecule has 0 bridgehead atoms. The Hall–Kier alpha value is -3.15. The van der Waals surface area contributed by atoms with E-state index in [4.69, 9.17) is 14.6 Å². The Bertz CT molecular complexity index is 946.